The fourth-order valence-corrected chi connectivity index (χ4v) is 0.931. The molecule has 0 saturated heterocycles. The predicted molar refractivity (Wildman–Crippen MR) is 41.9 cm³/mol. The first kappa shape index (κ1) is 13.2. The highest BCUT2D eigenvalue weighted by Crippen LogP contribution is 2.20. The summed E-state index contributed by atoms with van der Waals surface area (Å²) in [6.07, 6.45) is -6.01. The van der Waals surface area contributed by atoms with Crippen molar-refractivity contribution in [2.75, 3.05) is 33.9 Å². The molecule has 84 valence electrons. The third-order valence-corrected chi connectivity index (χ3v) is 1.78. The third-order valence-electron chi connectivity index (χ3n) is 1.78. The Balaban J connectivity index is 4.48. The number of hydrogen-bond acceptors (Lipinski definition) is 2. The van der Waals surface area contributed by atoms with Crippen molar-refractivity contribution in [2.24, 2.45) is 0 Å². The first-order valence-electron chi connectivity index (χ1n) is 3.85. The van der Waals surface area contributed by atoms with Gasteiger partial charge in [0, 0.05) is 7.11 Å². The van der Waals surface area contributed by atoms with Crippen LogP contribution >= 0.6 is 0 Å². The van der Waals surface area contributed by atoms with Crippen molar-refractivity contribution in [1.82, 2.24) is 0 Å². The van der Waals surface area contributed by atoms with Gasteiger partial charge in [0.25, 0.3) is 0 Å². The van der Waals surface area contributed by atoms with Gasteiger partial charge in [0.2, 0.25) is 0 Å². The maximum atomic E-state index is 12.0. The summed E-state index contributed by atoms with van der Waals surface area (Å²) in [5, 5.41) is 8.64. The van der Waals surface area contributed by atoms with Crippen LogP contribution in [-0.2, 0) is 4.74 Å². The summed E-state index contributed by atoms with van der Waals surface area (Å²) < 4.78 is 39.5. The standard InChI is InChI=1S/C7H12F3NO3/c1-11(6(12)13,3-4-14-2)5-7(8,9)10/h3-5H2,1-2H3/p+1. The second-order valence-corrected chi connectivity index (χ2v) is 3.17. The van der Waals surface area contributed by atoms with Gasteiger partial charge in [0.05, 0.1) is 13.7 Å². The molecule has 0 radical (unpaired) electrons. The topological polar surface area (TPSA) is 46.5 Å². The second-order valence-electron chi connectivity index (χ2n) is 3.17. The normalized spacial score (nSPS) is 16.4. The van der Waals surface area contributed by atoms with Gasteiger partial charge in [-0.3, -0.25) is 0 Å². The van der Waals surface area contributed by atoms with Gasteiger partial charge in [0.15, 0.2) is 6.54 Å². The Morgan fingerprint density at radius 3 is 2.29 bits per heavy atom. The van der Waals surface area contributed by atoms with Gasteiger partial charge in [-0.2, -0.15) is 18.0 Å². The molecule has 0 aliphatic rings. The SMILES string of the molecule is COCC[N+](C)(CC(F)(F)F)C(=O)O. The number of halogens is 3. The van der Waals surface area contributed by atoms with E-state index in [0.29, 0.717) is 0 Å². The molecule has 0 heterocycles. The van der Waals surface area contributed by atoms with E-state index in [9.17, 15) is 18.0 Å². The van der Waals surface area contributed by atoms with E-state index in [1.54, 1.807) is 0 Å². The summed E-state index contributed by atoms with van der Waals surface area (Å²) >= 11 is 0. The second kappa shape index (κ2) is 4.61. The first-order chi connectivity index (χ1) is 6.21. The minimum absolute atomic E-state index is 0.0289. The van der Waals surface area contributed by atoms with Crippen LogP contribution in [0.5, 0.6) is 0 Å². The molecule has 0 bridgehead atoms. The Bertz CT molecular complexity index is 207. The number of ether oxygens (including phenoxy) is 1. The van der Waals surface area contributed by atoms with E-state index in [1.165, 1.54) is 7.11 Å². The molecule has 1 amide bonds. The lowest BCUT2D eigenvalue weighted by molar-refractivity contribution is -0.849. The number of quaternary nitrogens is 1. The number of alkyl halides is 3. The van der Waals surface area contributed by atoms with Crippen LogP contribution < -0.4 is 0 Å². The summed E-state index contributed by atoms with van der Waals surface area (Å²) in [7, 11) is 2.31. The quantitative estimate of drug-likeness (QED) is 0.721. The highest BCUT2D eigenvalue weighted by molar-refractivity contribution is 5.56. The Morgan fingerprint density at radius 1 is 1.50 bits per heavy atom. The Morgan fingerprint density at radius 2 is 2.00 bits per heavy atom. The smallest absolute Gasteiger partial charge is 0.435 e. The van der Waals surface area contributed by atoms with Crippen molar-refractivity contribution in [2.45, 2.75) is 6.18 Å². The predicted octanol–water partition coefficient (Wildman–Crippen LogP) is 1.32. The van der Waals surface area contributed by atoms with Crippen LogP contribution in [-0.4, -0.2) is 55.7 Å². The van der Waals surface area contributed by atoms with Crippen LogP contribution in [0, 0.1) is 0 Å². The first-order valence-corrected chi connectivity index (χ1v) is 3.85. The van der Waals surface area contributed by atoms with Crippen molar-refractivity contribution in [3.8, 4) is 0 Å². The molecule has 1 N–H and O–H groups in total. The molecule has 0 aliphatic carbocycles. The van der Waals surface area contributed by atoms with E-state index in [4.69, 9.17) is 5.11 Å². The molecule has 0 saturated carbocycles. The van der Waals surface area contributed by atoms with Gasteiger partial charge in [-0.1, -0.05) is 0 Å². The number of rotatable bonds is 4. The Hall–Kier alpha value is -0.820. The molecule has 14 heavy (non-hydrogen) atoms. The fraction of sp³-hybridized carbons (Fsp3) is 0.857. The molecule has 1 atom stereocenters. The molecule has 7 heteroatoms. The zero-order valence-electron chi connectivity index (χ0n) is 7.97. The molecule has 4 nitrogen and oxygen atoms in total. The number of amides is 1. The maximum absolute atomic E-state index is 12.0. The summed E-state index contributed by atoms with van der Waals surface area (Å²) in [6, 6.07) is 0. The zero-order chi connectivity index (χ0) is 11.4. The number of methoxy groups -OCH3 is 1. The van der Waals surface area contributed by atoms with E-state index >= 15 is 0 Å². The molecular weight excluding hydrogens is 203 g/mol. The summed E-state index contributed by atoms with van der Waals surface area (Å²) in [5.74, 6) is 0. The van der Waals surface area contributed by atoms with Crippen molar-refractivity contribution >= 4 is 6.09 Å². The van der Waals surface area contributed by atoms with Crippen molar-refractivity contribution in [3.63, 3.8) is 0 Å². The van der Waals surface area contributed by atoms with Crippen molar-refractivity contribution in [1.29, 1.82) is 0 Å². The molecule has 0 aromatic rings. The molecule has 0 fully saturated rings. The maximum Gasteiger partial charge on any atom is 0.513 e. The van der Waals surface area contributed by atoms with E-state index in [-0.39, 0.29) is 13.2 Å². The van der Waals surface area contributed by atoms with Gasteiger partial charge in [-0.25, -0.2) is 4.48 Å². The summed E-state index contributed by atoms with van der Waals surface area (Å²) in [4.78, 5) is 10.6. The number of hydrogen-bond donors (Lipinski definition) is 1. The van der Waals surface area contributed by atoms with Gasteiger partial charge < -0.3 is 9.84 Å². The largest absolute Gasteiger partial charge is 0.513 e. The lowest BCUT2D eigenvalue weighted by Gasteiger charge is -2.28. The Kier molecular flexibility index (Phi) is 4.34. The minimum atomic E-state index is -4.50. The van der Waals surface area contributed by atoms with Crippen LogP contribution in [0.1, 0.15) is 0 Å². The van der Waals surface area contributed by atoms with Crippen molar-refractivity contribution in [3.05, 3.63) is 0 Å². The average molecular weight is 216 g/mol. The molecule has 1 unspecified atom stereocenters. The third kappa shape index (κ3) is 4.43. The molecule has 0 aromatic carbocycles. The van der Waals surface area contributed by atoms with E-state index in [2.05, 4.69) is 4.74 Å². The lowest BCUT2D eigenvalue weighted by atomic mass is 10.4. The number of carboxylic acid groups (broad SMARTS) is 1. The average Bonchev–Trinajstić information content (AvgIpc) is 1.97. The fourth-order valence-electron chi connectivity index (χ4n) is 0.931. The summed E-state index contributed by atoms with van der Waals surface area (Å²) in [5.41, 5.74) is 0. The monoisotopic (exact) mass is 216 g/mol. The van der Waals surface area contributed by atoms with Gasteiger partial charge in [-0.15, -0.1) is 0 Å². The van der Waals surface area contributed by atoms with Crippen LogP contribution in [0.3, 0.4) is 0 Å². The minimum Gasteiger partial charge on any atom is -0.435 e. The van der Waals surface area contributed by atoms with Gasteiger partial charge >= 0.3 is 12.3 Å². The van der Waals surface area contributed by atoms with Crippen LogP contribution in [0.15, 0.2) is 0 Å². The molecule has 0 spiro atoms. The zero-order valence-corrected chi connectivity index (χ0v) is 7.97. The van der Waals surface area contributed by atoms with E-state index in [1.807, 2.05) is 0 Å². The van der Waals surface area contributed by atoms with E-state index in [0.717, 1.165) is 7.05 Å². The van der Waals surface area contributed by atoms with Crippen molar-refractivity contribution < 1.29 is 32.3 Å². The van der Waals surface area contributed by atoms with Gasteiger partial charge in [-0.05, 0) is 0 Å². The van der Waals surface area contributed by atoms with Crippen LogP contribution in [0.2, 0.25) is 0 Å². The highest BCUT2D eigenvalue weighted by Gasteiger charge is 2.44. The van der Waals surface area contributed by atoms with Gasteiger partial charge in [0.1, 0.15) is 6.54 Å². The molecular formula is C7H13F3NO3+. The van der Waals surface area contributed by atoms with Crippen LogP contribution in [0.4, 0.5) is 18.0 Å². The number of nitrogens with zero attached hydrogens (tertiary/aromatic N) is 1. The molecule has 0 aromatic heterocycles. The highest BCUT2D eigenvalue weighted by atomic mass is 19.4. The van der Waals surface area contributed by atoms with Crippen LogP contribution in [0.25, 0.3) is 0 Å². The number of carbonyl (C=O) groups is 1. The number of likely N-dealkylation sites (N-methyl/N-ethyl adjacent to an activating group) is 1. The lowest BCUT2D eigenvalue weighted by Crippen LogP contribution is -2.55. The molecule has 0 aliphatic heterocycles. The molecule has 0 rings (SSSR count). The Labute approximate surface area is 79.5 Å². The summed E-state index contributed by atoms with van der Waals surface area (Å²) in [6.45, 7) is -1.64. The van der Waals surface area contributed by atoms with E-state index < -0.39 is 23.3 Å².